The van der Waals surface area contributed by atoms with Crippen LogP contribution in [0.15, 0.2) is 30.9 Å². The second-order valence-electron chi connectivity index (χ2n) is 3.76. The highest BCUT2D eigenvalue weighted by molar-refractivity contribution is 5.28. The lowest BCUT2D eigenvalue weighted by molar-refractivity contribution is 0.395. The monoisotopic (exact) mass is 230 g/mol. The van der Waals surface area contributed by atoms with E-state index >= 15 is 0 Å². The Hall–Kier alpha value is -2.01. The van der Waals surface area contributed by atoms with Gasteiger partial charge in [-0.1, -0.05) is 6.07 Å². The van der Waals surface area contributed by atoms with Gasteiger partial charge in [-0.2, -0.15) is 0 Å². The molecule has 5 nitrogen and oxygen atoms in total. The Morgan fingerprint density at radius 2 is 2.06 bits per heavy atom. The third-order valence-electron chi connectivity index (χ3n) is 2.45. The third kappa shape index (κ3) is 2.57. The summed E-state index contributed by atoms with van der Waals surface area (Å²) in [6.45, 7) is 1.98. The summed E-state index contributed by atoms with van der Waals surface area (Å²) in [6, 6.07) is 3.40. The van der Waals surface area contributed by atoms with Crippen LogP contribution in [-0.4, -0.2) is 22.1 Å². The smallest absolute Gasteiger partial charge is 0.216 e. The maximum absolute atomic E-state index is 6.12. The molecule has 1 atom stereocenters. The van der Waals surface area contributed by atoms with E-state index in [1.54, 1.807) is 25.6 Å². The average Bonchev–Trinajstić information content (AvgIpc) is 2.38. The van der Waals surface area contributed by atoms with E-state index in [1.165, 1.54) is 6.33 Å². The van der Waals surface area contributed by atoms with Crippen molar-refractivity contribution in [1.29, 1.82) is 0 Å². The van der Waals surface area contributed by atoms with Crippen LogP contribution in [0.3, 0.4) is 0 Å². The summed E-state index contributed by atoms with van der Waals surface area (Å²) < 4.78 is 5.04. The summed E-state index contributed by atoms with van der Waals surface area (Å²) >= 11 is 0. The van der Waals surface area contributed by atoms with E-state index in [9.17, 15) is 0 Å². The molecule has 2 aromatic heterocycles. The van der Waals surface area contributed by atoms with Gasteiger partial charge in [-0.05, 0) is 18.1 Å². The predicted octanol–water partition coefficient (Wildman–Crippen LogP) is 1.24. The summed E-state index contributed by atoms with van der Waals surface area (Å²) in [5, 5.41) is 0. The van der Waals surface area contributed by atoms with Crippen molar-refractivity contribution in [3.63, 3.8) is 0 Å². The molecule has 0 aliphatic rings. The van der Waals surface area contributed by atoms with Gasteiger partial charge in [0.05, 0.1) is 18.8 Å². The number of nitrogens with zero attached hydrogens (tertiary/aromatic N) is 3. The van der Waals surface area contributed by atoms with Crippen LogP contribution < -0.4 is 10.5 Å². The van der Waals surface area contributed by atoms with E-state index < -0.39 is 0 Å². The Kier molecular flexibility index (Phi) is 3.30. The molecule has 0 aromatic carbocycles. The number of hydrogen-bond acceptors (Lipinski definition) is 5. The molecule has 0 aliphatic heterocycles. The van der Waals surface area contributed by atoms with Gasteiger partial charge in [0.15, 0.2) is 0 Å². The van der Waals surface area contributed by atoms with Gasteiger partial charge in [-0.15, -0.1) is 0 Å². The molecular weight excluding hydrogens is 216 g/mol. The quantitative estimate of drug-likeness (QED) is 0.858. The van der Waals surface area contributed by atoms with Crippen LogP contribution in [-0.2, 0) is 0 Å². The Morgan fingerprint density at radius 1 is 1.24 bits per heavy atom. The van der Waals surface area contributed by atoms with Crippen LogP contribution in [0.4, 0.5) is 0 Å². The Morgan fingerprint density at radius 3 is 2.76 bits per heavy atom. The minimum atomic E-state index is -0.320. The summed E-state index contributed by atoms with van der Waals surface area (Å²) in [6.07, 6.45) is 4.97. The predicted molar refractivity (Wildman–Crippen MR) is 63.6 cm³/mol. The molecule has 17 heavy (non-hydrogen) atoms. The van der Waals surface area contributed by atoms with Gasteiger partial charge < -0.3 is 10.5 Å². The van der Waals surface area contributed by atoms with Crippen molar-refractivity contribution in [2.24, 2.45) is 5.73 Å². The van der Waals surface area contributed by atoms with Crippen molar-refractivity contribution in [1.82, 2.24) is 15.0 Å². The van der Waals surface area contributed by atoms with Gasteiger partial charge >= 0.3 is 0 Å². The fourth-order valence-electron chi connectivity index (χ4n) is 1.55. The van der Waals surface area contributed by atoms with E-state index in [1.807, 2.05) is 13.0 Å². The zero-order valence-corrected chi connectivity index (χ0v) is 9.79. The van der Waals surface area contributed by atoms with Gasteiger partial charge in [0.25, 0.3) is 0 Å². The van der Waals surface area contributed by atoms with Crippen LogP contribution >= 0.6 is 0 Å². The normalized spacial score (nSPS) is 12.2. The first-order valence-corrected chi connectivity index (χ1v) is 5.24. The zero-order valence-electron chi connectivity index (χ0n) is 9.79. The number of hydrogen-bond donors (Lipinski definition) is 1. The first-order chi connectivity index (χ1) is 8.20. The van der Waals surface area contributed by atoms with Crippen LogP contribution in [0, 0.1) is 6.92 Å². The summed E-state index contributed by atoms with van der Waals surface area (Å²) in [5.74, 6) is 0.506. The topological polar surface area (TPSA) is 73.9 Å². The standard InChI is InChI=1S/C12H14N4O/c1-8-3-9(6-14-5-8)12(13)10-4-11(17-2)16-7-15-10/h3-7,12H,13H2,1-2H3. The molecule has 0 saturated carbocycles. The molecule has 0 amide bonds. The summed E-state index contributed by atoms with van der Waals surface area (Å²) in [5.41, 5.74) is 8.83. The number of rotatable bonds is 3. The molecule has 0 aliphatic carbocycles. The Labute approximate surface area is 99.7 Å². The van der Waals surface area contributed by atoms with E-state index in [4.69, 9.17) is 10.5 Å². The lowest BCUT2D eigenvalue weighted by Gasteiger charge is -2.11. The molecule has 0 fully saturated rings. The van der Waals surface area contributed by atoms with E-state index in [2.05, 4.69) is 15.0 Å². The van der Waals surface area contributed by atoms with Crippen molar-refractivity contribution in [2.45, 2.75) is 13.0 Å². The summed E-state index contributed by atoms with van der Waals surface area (Å²) in [4.78, 5) is 12.2. The molecule has 0 bridgehead atoms. The first kappa shape index (κ1) is 11.5. The average molecular weight is 230 g/mol. The SMILES string of the molecule is COc1cc(C(N)c2cncc(C)c2)ncn1. The first-order valence-electron chi connectivity index (χ1n) is 5.24. The molecule has 0 saturated heterocycles. The van der Waals surface area contributed by atoms with Gasteiger partial charge in [-0.25, -0.2) is 9.97 Å². The highest BCUT2D eigenvalue weighted by Crippen LogP contribution is 2.19. The maximum Gasteiger partial charge on any atom is 0.216 e. The van der Waals surface area contributed by atoms with Gasteiger partial charge in [0, 0.05) is 18.5 Å². The molecule has 88 valence electrons. The molecule has 2 aromatic rings. The molecule has 2 heterocycles. The van der Waals surface area contributed by atoms with Crippen LogP contribution in [0.5, 0.6) is 5.88 Å². The van der Waals surface area contributed by atoms with Crippen LogP contribution in [0.1, 0.15) is 22.9 Å². The third-order valence-corrected chi connectivity index (χ3v) is 2.45. The second-order valence-corrected chi connectivity index (χ2v) is 3.76. The second kappa shape index (κ2) is 4.88. The number of pyridine rings is 1. The maximum atomic E-state index is 6.12. The lowest BCUT2D eigenvalue weighted by Crippen LogP contribution is -2.14. The van der Waals surface area contributed by atoms with Crippen LogP contribution in [0.25, 0.3) is 0 Å². The number of ether oxygens (including phenoxy) is 1. The minimum absolute atomic E-state index is 0.320. The Balaban J connectivity index is 2.33. The fourth-order valence-corrected chi connectivity index (χ4v) is 1.55. The molecule has 1 unspecified atom stereocenters. The lowest BCUT2D eigenvalue weighted by atomic mass is 10.1. The Bertz CT molecular complexity index is 515. The van der Waals surface area contributed by atoms with Gasteiger partial charge in [0.2, 0.25) is 5.88 Å². The highest BCUT2D eigenvalue weighted by Gasteiger charge is 2.12. The molecule has 2 rings (SSSR count). The number of methoxy groups -OCH3 is 1. The largest absolute Gasteiger partial charge is 0.481 e. The minimum Gasteiger partial charge on any atom is -0.481 e. The van der Waals surface area contributed by atoms with Crippen molar-refractivity contribution < 1.29 is 4.74 Å². The highest BCUT2D eigenvalue weighted by atomic mass is 16.5. The van der Waals surface area contributed by atoms with Crippen LogP contribution in [0.2, 0.25) is 0 Å². The van der Waals surface area contributed by atoms with Crippen molar-refractivity contribution in [2.75, 3.05) is 7.11 Å². The molecule has 5 heteroatoms. The van der Waals surface area contributed by atoms with E-state index in [-0.39, 0.29) is 6.04 Å². The molecule has 0 spiro atoms. The fraction of sp³-hybridized carbons (Fsp3) is 0.250. The molecule has 0 radical (unpaired) electrons. The number of nitrogens with two attached hydrogens (primary N) is 1. The number of aromatic nitrogens is 3. The van der Waals surface area contributed by atoms with Gasteiger partial charge in [-0.3, -0.25) is 4.98 Å². The molecular formula is C12H14N4O. The van der Waals surface area contributed by atoms with Crippen molar-refractivity contribution in [3.8, 4) is 5.88 Å². The van der Waals surface area contributed by atoms with Crippen molar-refractivity contribution in [3.05, 3.63) is 47.7 Å². The zero-order chi connectivity index (χ0) is 12.3. The van der Waals surface area contributed by atoms with Crippen molar-refractivity contribution >= 4 is 0 Å². The van der Waals surface area contributed by atoms with Gasteiger partial charge in [0.1, 0.15) is 6.33 Å². The van der Waals surface area contributed by atoms with E-state index in [0.717, 1.165) is 11.1 Å². The van der Waals surface area contributed by atoms with E-state index in [0.29, 0.717) is 11.6 Å². The summed E-state index contributed by atoms with van der Waals surface area (Å²) in [7, 11) is 1.56. The molecule has 2 N–H and O–H groups in total. The number of aryl methyl sites for hydroxylation is 1.